The molecular weight excluding hydrogens is 246 g/mol. The lowest BCUT2D eigenvalue weighted by atomic mass is 10.0. The standard InChI is InChI=1S/C17H17N3/c18-10-9-14-12-15(7-8-16(14)19)20-11-3-5-13-4-1-2-6-17(13)20/h1-2,4,6-8,12H,3,5,9,11,19H2. The van der Waals surface area contributed by atoms with Gasteiger partial charge < -0.3 is 10.6 Å². The fourth-order valence-electron chi connectivity index (χ4n) is 2.80. The average molecular weight is 263 g/mol. The number of nitriles is 1. The highest BCUT2D eigenvalue weighted by Gasteiger charge is 2.18. The Kier molecular flexibility index (Phi) is 3.30. The summed E-state index contributed by atoms with van der Waals surface area (Å²) >= 11 is 0. The summed E-state index contributed by atoms with van der Waals surface area (Å²) in [7, 11) is 0. The van der Waals surface area contributed by atoms with Crippen molar-refractivity contribution in [2.24, 2.45) is 0 Å². The number of nitrogen functional groups attached to an aromatic ring is 1. The van der Waals surface area contributed by atoms with Crippen LogP contribution in [0.3, 0.4) is 0 Å². The van der Waals surface area contributed by atoms with Crippen LogP contribution in [0.1, 0.15) is 17.5 Å². The Labute approximate surface area is 119 Å². The molecule has 0 aromatic heterocycles. The van der Waals surface area contributed by atoms with Crippen LogP contribution >= 0.6 is 0 Å². The molecule has 1 aliphatic heterocycles. The molecule has 0 saturated carbocycles. The summed E-state index contributed by atoms with van der Waals surface area (Å²) in [6.45, 7) is 1.01. The van der Waals surface area contributed by atoms with Gasteiger partial charge in [-0.25, -0.2) is 0 Å². The van der Waals surface area contributed by atoms with Gasteiger partial charge in [0.1, 0.15) is 0 Å². The van der Waals surface area contributed by atoms with Crippen LogP contribution in [-0.2, 0) is 12.8 Å². The van der Waals surface area contributed by atoms with Crippen LogP contribution in [0.4, 0.5) is 17.1 Å². The second-order valence-corrected chi connectivity index (χ2v) is 5.10. The van der Waals surface area contributed by atoms with Crippen LogP contribution in [0, 0.1) is 11.3 Å². The summed E-state index contributed by atoms with van der Waals surface area (Å²) in [6, 6.07) is 16.7. The van der Waals surface area contributed by atoms with E-state index in [1.54, 1.807) is 0 Å². The number of hydrogen-bond donors (Lipinski definition) is 1. The van der Waals surface area contributed by atoms with E-state index in [2.05, 4.69) is 35.2 Å². The van der Waals surface area contributed by atoms with Crippen molar-refractivity contribution in [3.63, 3.8) is 0 Å². The van der Waals surface area contributed by atoms with E-state index in [4.69, 9.17) is 11.0 Å². The molecule has 3 rings (SSSR count). The molecule has 3 nitrogen and oxygen atoms in total. The number of para-hydroxylation sites is 1. The minimum Gasteiger partial charge on any atom is -0.398 e. The van der Waals surface area contributed by atoms with Crippen molar-refractivity contribution in [3.05, 3.63) is 53.6 Å². The molecule has 0 spiro atoms. The Bertz CT molecular complexity index is 670. The molecule has 0 radical (unpaired) electrons. The smallest absolute Gasteiger partial charge is 0.0670 e. The highest BCUT2D eigenvalue weighted by Crippen LogP contribution is 2.34. The topological polar surface area (TPSA) is 53.0 Å². The normalized spacial score (nSPS) is 13.7. The number of anilines is 3. The third-order valence-electron chi connectivity index (χ3n) is 3.82. The lowest BCUT2D eigenvalue weighted by Gasteiger charge is -2.31. The SMILES string of the molecule is N#CCc1cc(N2CCCc3ccccc32)ccc1N. The number of benzene rings is 2. The third kappa shape index (κ3) is 2.21. The predicted molar refractivity (Wildman–Crippen MR) is 81.9 cm³/mol. The van der Waals surface area contributed by atoms with Crippen molar-refractivity contribution < 1.29 is 0 Å². The predicted octanol–water partition coefficient (Wildman–Crippen LogP) is 3.42. The lowest BCUT2D eigenvalue weighted by Crippen LogP contribution is -2.24. The second-order valence-electron chi connectivity index (χ2n) is 5.10. The largest absolute Gasteiger partial charge is 0.398 e. The molecule has 0 amide bonds. The number of nitrogens with two attached hydrogens (primary N) is 1. The fourth-order valence-corrected chi connectivity index (χ4v) is 2.80. The maximum Gasteiger partial charge on any atom is 0.0670 e. The van der Waals surface area contributed by atoms with Crippen molar-refractivity contribution >= 4 is 17.1 Å². The molecular formula is C17H17N3. The van der Waals surface area contributed by atoms with Gasteiger partial charge in [0.25, 0.3) is 0 Å². The quantitative estimate of drug-likeness (QED) is 0.845. The molecule has 2 aromatic rings. The van der Waals surface area contributed by atoms with Gasteiger partial charge in [-0.05, 0) is 48.2 Å². The lowest BCUT2D eigenvalue weighted by molar-refractivity contribution is 0.766. The van der Waals surface area contributed by atoms with Crippen LogP contribution in [-0.4, -0.2) is 6.54 Å². The zero-order valence-electron chi connectivity index (χ0n) is 11.3. The van der Waals surface area contributed by atoms with Crippen LogP contribution in [0.15, 0.2) is 42.5 Å². The highest BCUT2D eigenvalue weighted by atomic mass is 15.1. The zero-order chi connectivity index (χ0) is 13.9. The van der Waals surface area contributed by atoms with Crippen LogP contribution < -0.4 is 10.6 Å². The Hall–Kier alpha value is -2.47. The molecule has 1 aliphatic rings. The third-order valence-corrected chi connectivity index (χ3v) is 3.82. The molecule has 1 heterocycles. The number of rotatable bonds is 2. The summed E-state index contributed by atoms with van der Waals surface area (Å²) in [5.41, 5.74) is 11.3. The summed E-state index contributed by atoms with van der Waals surface area (Å²) in [5.74, 6) is 0. The minimum atomic E-state index is 0.356. The number of fused-ring (bicyclic) bond motifs is 1. The first-order valence-corrected chi connectivity index (χ1v) is 6.90. The van der Waals surface area contributed by atoms with Crippen LogP contribution in [0.25, 0.3) is 0 Å². The summed E-state index contributed by atoms with van der Waals surface area (Å²) < 4.78 is 0. The molecule has 2 N–H and O–H groups in total. The van der Waals surface area contributed by atoms with Gasteiger partial charge >= 0.3 is 0 Å². The van der Waals surface area contributed by atoms with E-state index in [1.807, 2.05) is 18.2 Å². The first kappa shape index (κ1) is 12.6. The van der Waals surface area contributed by atoms with Gasteiger partial charge in [0.2, 0.25) is 0 Å². The van der Waals surface area contributed by atoms with E-state index in [0.717, 1.165) is 30.6 Å². The number of aryl methyl sites for hydroxylation is 1. The molecule has 0 fully saturated rings. The van der Waals surface area contributed by atoms with Crippen molar-refractivity contribution in [1.82, 2.24) is 0 Å². The molecule has 3 heteroatoms. The molecule has 0 atom stereocenters. The maximum atomic E-state index is 8.88. The highest BCUT2D eigenvalue weighted by molar-refractivity contribution is 5.70. The molecule has 0 bridgehead atoms. The van der Waals surface area contributed by atoms with Gasteiger partial charge in [-0.1, -0.05) is 18.2 Å². The molecule has 0 aliphatic carbocycles. The van der Waals surface area contributed by atoms with Crippen molar-refractivity contribution in [3.8, 4) is 6.07 Å². The Morgan fingerprint density at radius 3 is 2.90 bits per heavy atom. The van der Waals surface area contributed by atoms with E-state index in [1.165, 1.54) is 11.3 Å². The summed E-state index contributed by atoms with van der Waals surface area (Å²) in [5, 5.41) is 8.88. The van der Waals surface area contributed by atoms with Crippen molar-refractivity contribution in [2.45, 2.75) is 19.3 Å². The zero-order valence-corrected chi connectivity index (χ0v) is 11.3. The number of nitrogens with zero attached hydrogens (tertiary/aromatic N) is 2. The Morgan fingerprint density at radius 1 is 1.20 bits per heavy atom. The minimum absolute atomic E-state index is 0.356. The first-order chi connectivity index (χ1) is 9.79. The van der Waals surface area contributed by atoms with E-state index in [9.17, 15) is 0 Å². The number of hydrogen-bond acceptors (Lipinski definition) is 3. The average Bonchev–Trinajstić information content (AvgIpc) is 2.49. The molecule has 0 unspecified atom stereocenters. The van der Waals surface area contributed by atoms with Gasteiger partial charge in [-0.3, -0.25) is 0 Å². The van der Waals surface area contributed by atoms with Gasteiger partial charge in [-0.2, -0.15) is 5.26 Å². The van der Waals surface area contributed by atoms with E-state index in [-0.39, 0.29) is 0 Å². The summed E-state index contributed by atoms with van der Waals surface area (Å²) in [4.78, 5) is 2.32. The molecule has 0 saturated heterocycles. The molecule has 100 valence electrons. The Balaban J connectivity index is 2.02. The fraction of sp³-hybridized carbons (Fsp3) is 0.235. The monoisotopic (exact) mass is 263 g/mol. The van der Waals surface area contributed by atoms with Crippen LogP contribution in [0.2, 0.25) is 0 Å². The van der Waals surface area contributed by atoms with Crippen molar-refractivity contribution in [1.29, 1.82) is 5.26 Å². The molecule has 2 aromatic carbocycles. The van der Waals surface area contributed by atoms with E-state index >= 15 is 0 Å². The maximum absolute atomic E-state index is 8.88. The Morgan fingerprint density at radius 2 is 2.05 bits per heavy atom. The van der Waals surface area contributed by atoms with Gasteiger partial charge in [0, 0.05) is 23.6 Å². The van der Waals surface area contributed by atoms with Gasteiger partial charge in [0.05, 0.1) is 12.5 Å². The summed E-state index contributed by atoms with van der Waals surface area (Å²) in [6.07, 6.45) is 2.64. The van der Waals surface area contributed by atoms with E-state index < -0.39 is 0 Å². The van der Waals surface area contributed by atoms with Crippen molar-refractivity contribution in [2.75, 3.05) is 17.2 Å². The molecule has 20 heavy (non-hydrogen) atoms. The van der Waals surface area contributed by atoms with Gasteiger partial charge in [0.15, 0.2) is 0 Å². The second kappa shape index (κ2) is 5.26. The van der Waals surface area contributed by atoms with Gasteiger partial charge in [-0.15, -0.1) is 0 Å². The first-order valence-electron chi connectivity index (χ1n) is 6.90. The van der Waals surface area contributed by atoms with Crippen LogP contribution in [0.5, 0.6) is 0 Å². The van der Waals surface area contributed by atoms with E-state index in [0.29, 0.717) is 12.1 Å².